The van der Waals surface area contributed by atoms with Crippen molar-refractivity contribution in [3.8, 4) is 33.6 Å². The summed E-state index contributed by atoms with van der Waals surface area (Å²) in [6.45, 7) is 3.17. The molecule has 0 bridgehead atoms. The molecule has 8 nitrogen and oxygen atoms in total. The van der Waals surface area contributed by atoms with Crippen molar-refractivity contribution in [1.82, 2.24) is 34.4 Å². The van der Waals surface area contributed by atoms with Gasteiger partial charge in [-0.15, -0.1) is 0 Å². The summed E-state index contributed by atoms with van der Waals surface area (Å²) in [6.07, 6.45) is 13.4. The summed E-state index contributed by atoms with van der Waals surface area (Å²) < 4.78 is 3.76. The topological polar surface area (TPSA) is 81.7 Å². The highest BCUT2D eigenvalue weighted by molar-refractivity contribution is 5.73. The molecular formula is C24H25N7O. The van der Waals surface area contributed by atoms with Crippen molar-refractivity contribution in [3.63, 3.8) is 0 Å². The van der Waals surface area contributed by atoms with Crippen LogP contribution in [0.5, 0.6) is 0 Å². The van der Waals surface area contributed by atoms with E-state index in [4.69, 9.17) is 0 Å². The molecule has 32 heavy (non-hydrogen) atoms. The second-order valence-electron chi connectivity index (χ2n) is 8.25. The monoisotopic (exact) mass is 427 g/mol. The fraction of sp³-hybridized carbons (Fsp3) is 0.292. The van der Waals surface area contributed by atoms with Gasteiger partial charge in [0, 0.05) is 74.1 Å². The van der Waals surface area contributed by atoms with E-state index in [2.05, 4.69) is 32.3 Å². The molecule has 0 saturated carbocycles. The Hall–Kier alpha value is -3.81. The quantitative estimate of drug-likeness (QED) is 0.497. The molecule has 0 spiro atoms. The zero-order valence-electron chi connectivity index (χ0n) is 18.2. The smallest absolute Gasteiger partial charge is 0.219 e. The summed E-state index contributed by atoms with van der Waals surface area (Å²) in [5, 5.41) is 8.80. The molecule has 4 aromatic rings. The van der Waals surface area contributed by atoms with Crippen molar-refractivity contribution in [2.45, 2.75) is 25.8 Å². The fourth-order valence-electron chi connectivity index (χ4n) is 4.18. The molecule has 0 N–H and O–H groups in total. The number of aryl methyl sites for hydroxylation is 1. The number of likely N-dealkylation sites (tertiary alicyclic amines) is 1. The van der Waals surface area contributed by atoms with Gasteiger partial charge in [0.2, 0.25) is 5.91 Å². The van der Waals surface area contributed by atoms with Crippen molar-refractivity contribution in [2.24, 2.45) is 7.05 Å². The molecule has 1 aliphatic rings. The highest BCUT2D eigenvalue weighted by atomic mass is 16.2. The van der Waals surface area contributed by atoms with E-state index in [9.17, 15) is 4.79 Å². The molecule has 1 aliphatic heterocycles. The fourth-order valence-corrected chi connectivity index (χ4v) is 4.18. The van der Waals surface area contributed by atoms with Crippen LogP contribution in [0.2, 0.25) is 0 Å². The van der Waals surface area contributed by atoms with Gasteiger partial charge in [0.15, 0.2) is 5.82 Å². The van der Waals surface area contributed by atoms with Crippen LogP contribution in [-0.4, -0.2) is 53.4 Å². The highest BCUT2D eigenvalue weighted by Crippen LogP contribution is 2.27. The van der Waals surface area contributed by atoms with Crippen molar-refractivity contribution >= 4 is 5.91 Å². The van der Waals surface area contributed by atoms with E-state index in [1.54, 1.807) is 11.6 Å². The first-order chi connectivity index (χ1) is 15.6. The van der Waals surface area contributed by atoms with E-state index in [-0.39, 0.29) is 11.9 Å². The molecule has 8 heteroatoms. The Morgan fingerprint density at radius 2 is 1.69 bits per heavy atom. The maximum Gasteiger partial charge on any atom is 0.219 e. The first-order valence-corrected chi connectivity index (χ1v) is 10.8. The number of nitrogens with zero attached hydrogens (tertiary/aromatic N) is 7. The normalized spacial score (nSPS) is 16.3. The van der Waals surface area contributed by atoms with Crippen molar-refractivity contribution in [3.05, 3.63) is 61.4 Å². The summed E-state index contributed by atoms with van der Waals surface area (Å²) in [5.74, 6) is 0.801. The van der Waals surface area contributed by atoms with Gasteiger partial charge in [-0.3, -0.25) is 14.2 Å². The van der Waals surface area contributed by atoms with Crippen molar-refractivity contribution < 1.29 is 4.79 Å². The van der Waals surface area contributed by atoms with Crippen molar-refractivity contribution in [1.29, 1.82) is 0 Å². The van der Waals surface area contributed by atoms with Crippen LogP contribution in [0.15, 0.2) is 61.4 Å². The molecule has 4 heterocycles. The van der Waals surface area contributed by atoms with Crippen LogP contribution in [0.3, 0.4) is 0 Å². The molecule has 1 amide bonds. The van der Waals surface area contributed by atoms with Crippen LogP contribution in [-0.2, 0) is 11.8 Å². The summed E-state index contributed by atoms with van der Waals surface area (Å²) in [5.41, 5.74) is 4.99. The van der Waals surface area contributed by atoms with E-state index in [0.29, 0.717) is 12.4 Å². The van der Waals surface area contributed by atoms with Gasteiger partial charge >= 0.3 is 0 Å². The summed E-state index contributed by atoms with van der Waals surface area (Å²) in [6, 6.07) is 8.36. The van der Waals surface area contributed by atoms with E-state index < -0.39 is 0 Å². The Kier molecular flexibility index (Phi) is 5.26. The summed E-state index contributed by atoms with van der Waals surface area (Å²) in [4.78, 5) is 22.8. The number of carbonyl (C=O) groups is 1. The lowest BCUT2D eigenvalue weighted by atomic mass is 10.1. The van der Waals surface area contributed by atoms with Gasteiger partial charge in [-0.25, -0.2) is 9.97 Å². The number of hydrogen-bond acceptors (Lipinski definition) is 5. The first kappa shape index (κ1) is 20.1. The third-order valence-corrected chi connectivity index (χ3v) is 5.96. The lowest BCUT2D eigenvalue weighted by molar-refractivity contribution is -0.130. The molecular weight excluding hydrogens is 402 g/mol. The summed E-state index contributed by atoms with van der Waals surface area (Å²) in [7, 11) is 1.91. The van der Waals surface area contributed by atoms with Crippen LogP contribution in [0.4, 0.5) is 0 Å². The van der Waals surface area contributed by atoms with Gasteiger partial charge < -0.3 is 4.90 Å². The molecule has 3 aromatic heterocycles. The van der Waals surface area contributed by atoms with Gasteiger partial charge in [-0.2, -0.15) is 10.2 Å². The van der Waals surface area contributed by atoms with Crippen LogP contribution < -0.4 is 0 Å². The SMILES string of the molecule is CC(=O)N1CCCC(n2cc(-c3cnc(-c4cccc(-c5cnn(C)c5)c4)nc3)cn2)C1. The Morgan fingerprint density at radius 3 is 2.44 bits per heavy atom. The Bertz CT molecular complexity index is 1240. The summed E-state index contributed by atoms with van der Waals surface area (Å²) >= 11 is 0. The number of rotatable bonds is 4. The molecule has 1 fully saturated rings. The van der Waals surface area contributed by atoms with Gasteiger partial charge in [-0.05, 0) is 24.5 Å². The molecule has 5 rings (SSSR count). The van der Waals surface area contributed by atoms with Gasteiger partial charge in [0.25, 0.3) is 0 Å². The number of hydrogen-bond donors (Lipinski definition) is 0. The maximum absolute atomic E-state index is 11.7. The van der Waals surface area contributed by atoms with Gasteiger partial charge in [0.1, 0.15) is 0 Å². The predicted molar refractivity (Wildman–Crippen MR) is 121 cm³/mol. The van der Waals surface area contributed by atoms with Gasteiger partial charge in [0.05, 0.1) is 18.4 Å². The lowest BCUT2D eigenvalue weighted by Crippen LogP contribution is -2.39. The molecule has 1 saturated heterocycles. The minimum absolute atomic E-state index is 0.124. The zero-order valence-corrected chi connectivity index (χ0v) is 18.2. The van der Waals surface area contributed by atoms with E-state index in [1.807, 2.05) is 65.9 Å². The minimum Gasteiger partial charge on any atom is -0.341 e. The van der Waals surface area contributed by atoms with Crippen LogP contribution in [0.25, 0.3) is 33.6 Å². The number of aromatic nitrogens is 6. The van der Waals surface area contributed by atoms with Gasteiger partial charge in [-0.1, -0.05) is 18.2 Å². The minimum atomic E-state index is 0.124. The number of carbonyl (C=O) groups excluding carboxylic acids is 1. The van der Waals surface area contributed by atoms with E-state index in [0.717, 1.165) is 47.2 Å². The number of piperidine rings is 1. The average Bonchev–Trinajstić information content (AvgIpc) is 3.49. The second kappa shape index (κ2) is 8.37. The first-order valence-electron chi connectivity index (χ1n) is 10.8. The van der Waals surface area contributed by atoms with Crippen molar-refractivity contribution in [2.75, 3.05) is 13.1 Å². The number of benzene rings is 1. The molecule has 1 aromatic carbocycles. The Morgan fingerprint density at radius 1 is 0.938 bits per heavy atom. The highest BCUT2D eigenvalue weighted by Gasteiger charge is 2.23. The van der Waals surface area contributed by atoms with E-state index >= 15 is 0 Å². The zero-order chi connectivity index (χ0) is 22.1. The number of amides is 1. The van der Waals surface area contributed by atoms with E-state index in [1.165, 1.54) is 0 Å². The Balaban J connectivity index is 1.34. The van der Waals surface area contributed by atoms with Crippen LogP contribution in [0.1, 0.15) is 25.8 Å². The largest absolute Gasteiger partial charge is 0.341 e. The lowest BCUT2D eigenvalue weighted by Gasteiger charge is -2.32. The van der Waals surface area contributed by atoms with Crippen LogP contribution >= 0.6 is 0 Å². The third-order valence-electron chi connectivity index (χ3n) is 5.96. The standard InChI is InChI=1S/C24H25N7O/c1-17(32)30-8-4-7-23(16-30)31-15-22(13-28-31)20-10-25-24(26-11-20)19-6-3-5-18(9-19)21-12-27-29(2)14-21/h3,5-6,9-15,23H,4,7-8,16H2,1-2H3. The maximum atomic E-state index is 11.7. The van der Waals surface area contributed by atoms with Crippen LogP contribution in [0, 0.1) is 0 Å². The molecule has 1 unspecified atom stereocenters. The Labute approximate surface area is 186 Å². The molecule has 1 atom stereocenters. The predicted octanol–water partition coefficient (Wildman–Crippen LogP) is 3.59. The second-order valence-corrected chi connectivity index (χ2v) is 8.25. The molecule has 162 valence electrons. The molecule has 0 radical (unpaired) electrons. The third kappa shape index (κ3) is 4.03. The molecule has 0 aliphatic carbocycles. The average molecular weight is 428 g/mol.